The molecule has 0 aromatic heterocycles. The molecule has 0 aliphatic rings. The molecule has 0 unspecified atom stereocenters. The van der Waals surface area contributed by atoms with Gasteiger partial charge in [-0.15, -0.1) is 0 Å². The third-order valence-electron chi connectivity index (χ3n) is 3.35. The third-order valence-corrected chi connectivity index (χ3v) is 3.79. The van der Waals surface area contributed by atoms with Crippen molar-refractivity contribution in [3.8, 4) is 5.75 Å². The fourth-order valence-corrected chi connectivity index (χ4v) is 2.54. The number of benzene rings is 2. The van der Waals surface area contributed by atoms with Crippen molar-refractivity contribution in [2.24, 2.45) is 0 Å². The smallest absolute Gasteiger partial charge is 0.338 e. The summed E-state index contributed by atoms with van der Waals surface area (Å²) in [6, 6.07) is 11.3. The van der Waals surface area contributed by atoms with Gasteiger partial charge in [0.25, 0.3) is 5.91 Å². The Balaban J connectivity index is 2.00. The molecule has 0 saturated carbocycles. The van der Waals surface area contributed by atoms with E-state index in [0.717, 1.165) is 0 Å². The summed E-state index contributed by atoms with van der Waals surface area (Å²) in [7, 11) is 1.46. The fourth-order valence-electron chi connectivity index (χ4n) is 2.16. The lowest BCUT2D eigenvalue weighted by Gasteiger charge is -2.12. The molecule has 0 fully saturated rings. The maximum atomic E-state index is 12.4. The second-order valence-electron chi connectivity index (χ2n) is 5.78. The van der Waals surface area contributed by atoms with E-state index in [1.165, 1.54) is 13.2 Å². The van der Waals surface area contributed by atoms with E-state index in [1.807, 2.05) is 0 Å². The second-order valence-corrected chi connectivity index (χ2v) is 6.63. The molecule has 0 spiro atoms. The monoisotopic (exact) mass is 406 g/mol. The van der Waals surface area contributed by atoms with Gasteiger partial charge in [0, 0.05) is 10.7 Å². The van der Waals surface area contributed by atoms with Crippen molar-refractivity contribution in [2.45, 2.75) is 20.0 Å². The van der Waals surface area contributed by atoms with Crippen molar-refractivity contribution in [2.75, 3.05) is 12.4 Å². The van der Waals surface area contributed by atoms with Crippen LogP contribution in [-0.2, 0) is 4.74 Å². The summed E-state index contributed by atoms with van der Waals surface area (Å²) < 4.78 is 10.3. The summed E-state index contributed by atoms with van der Waals surface area (Å²) in [5, 5.41) is 5.94. The highest BCUT2D eigenvalue weighted by Gasteiger charge is 2.15. The largest absolute Gasteiger partial charge is 0.496 e. The van der Waals surface area contributed by atoms with Crippen LogP contribution in [0.3, 0.4) is 0 Å². The predicted molar refractivity (Wildman–Crippen MR) is 109 cm³/mol. The zero-order valence-electron chi connectivity index (χ0n) is 15.0. The Hall–Kier alpha value is -2.64. The Bertz CT molecular complexity index is 853. The Morgan fingerprint density at radius 3 is 2.37 bits per heavy atom. The van der Waals surface area contributed by atoms with Gasteiger partial charge < -0.3 is 14.8 Å². The number of nitrogens with one attached hydrogen (secondary N) is 2. The Morgan fingerprint density at radius 1 is 1.11 bits per heavy atom. The van der Waals surface area contributed by atoms with Crippen LogP contribution in [-0.4, -0.2) is 30.2 Å². The number of hydrogen-bond donors (Lipinski definition) is 2. The molecule has 0 heterocycles. The average molecular weight is 407 g/mol. The molecule has 142 valence electrons. The van der Waals surface area contributed by atoms with Gasteiger partial charge in [-0.3, -0.25) is 10.1 Å². The quantitative estimate of drug-likeness (QED) is 0.576. The minimum Gasteiger partial charge on any atom is -0.496 e. The maximum Gasteiger partial charge on any atom is 0.338 e. The number of anilines is 1. The van der Waals surface area contributed by atoms with E-state index >= 15 is 0 Å². The number of esters is 1. The molecule has 0 atom stereocenters. The number of hydrogen-bond acceptors (Lipinski definition) is 5. The van der Waals surface area contributed by atoms with E-state index in [0.29, 0.717) is 22.0 Å². The van der Waals surface area contributed by atoms with E-state index in [2.05, 4.69) is 10.6 Å². The molecule has 2 N–H and O–H groups in total. The highest BCUT2D eigenvalue weighted by atomic mass is 35.5. The molecule has 1 amide bonds. The van der Waals surface area contributed by atoms with Crippen LogP contribution in [0.25, 0.3) is 0 Å². The van der Waals surface area contributed by atoms with Gasteiger partial charge in [0.05, 0.1) is 24.3 Å². The molecule has 0 saturated heterocycles. The Labute approximate surface area is 167 Å². The molecule has 2 rings (SSSR count). The maximum absolute atomic E-state index is 12.4. The van der Waals surface area contributed by atoms with Gasteiger partial charge in [-0.05, 0) is 68.5 Å². The van der Waals surface area contributed by atoms with Crippen LogP contribution in [0, 0.1) is 0 Å². The fraction of sp³-hybridized carbons (Fsp3) is 0.211. The zero-order chi connectivity index (χ0) is 20.0. The number of carbonyl (C=O) groups excluding carboxylic acids is 2. The van der Waals surface area contributed by atoms with Gasteiger partial charge in [0.2, 0.25) is 0 Å². The number of amides is 1. The summed E-state index contributed by atoms with van der Waals surface area (Å²) in [5.74, 6) is -0.475. The highest BCUT2D eigenvalue weighted by Crippen LogP contribution is 2.22. The predicted octanol–water partition coefficient (Wildman–Crippen LogP) is 4.04. The van der Waals surface area contributed by atoms with Gasteiger partial charge in [-0.1, -0.05) is 11.6 Å². The molecule has 0 bridgehead atoms. The van der Waals surface area contributed by atoms with Crippen LogP contribution in [0.1, 0.15) is 34.6 Å². The first-order chi connectivity index (χ1) is 12.8. The zero-order valence-corrected chi connectivity index (χ0v) is 16.6. The summed E-state index contributed by atoms with van der Waals surface area (Å²) >= 11 is 11.1. The van der Waals surface area contributed by atoms with E-state index in [9.17, 15) is 9.59 Å². The molecule has 0 aliphatic carbocycles. The number of thiocarbonyl (C=S) groups is 1. The first kappa shape index (κ1) is 20.7. The lowest BCUT2D eigenvalue weighted by Crippen LogP contribution is -2.34. The van der Waals surface area contributed by atoms with Crippen LogP contribution < -0.4 is 15.4 Å². The van der Waals surface area contributed by atoms with Crippen LogP contribution in [0.4, 0.5) is 5.69 Å². The summed E-state index contributed by atoms with van der Waals surface area (Å²) in [4.78, 5) is 24.2. The van der Waals surface area contributed by atoms with E-state index in [1.54, 1.807) is 50.2 Å². The molecule has 0 radical (unpaired) electrons. The molecular formula is C19H19ClN2O4S. The minimum absolute atomic E-state index is 0.0968. The van der Waals surface area contributed by atoms with Crippen molar-refractivity contribution in [1.29, 1.82) is 0 Å². The molecule has 2 aromatic carbocycles. The highest BCUT2D eigenvalue weighted by molar-refractivity contribution is 7.80. The van der Waals surface area contributed by atoms with Crippen molar-refractivity contribution in [3.05, 3.63) is 58.6 Å². The standard InChI is InChI=1S/C19H19ClN2O4S/c1-11(2)26-18(24)12-4-7-14(8-5-12)21-19(27)22-17(23)15-10-13(20)6-9-16(15)25-3/h4-11H,1-3H3,(H2,21,22,23,27). The van der Waals surface area contributed by atoms with Gasteiger partial charge in [-0.25, -0.2) is 4.79 Å². The van der Waals surface area contributed by atoms with E-state index < -0.39 is 11.9 Å². The van der Waals surface area contributed by atoms with Crippen molar-refractivity contribution in [1.82, 2.24) is 5.32 Å². The Morgan fingerprint density at radius 2 is 1.78 bits per heavy atom. The van der Waals surface area contributed by atoms with E-state index in [-0.39, 0.29) is 16.8 Å². The molecule has 8 heteroatoms. The van der Waals surface area contributed by atoms with Gasteiger partial charge in [-0.2, -0.15) is 0 Å². The van der Waals surface area contributed by atoms with Crippen molar-refractivity contribution in [3.63, 3.8) is 0 Å². The summed E-state index contributed by atoms with van der Waals surface area (Å²) in [6.45, 7) is 3.56. The van der Waals surface area contributed by atoms with Crippen molar-refractivity contribution >= 4 is 46.5 Å². The molecule has 2 aromatic rings. The van der Waals surface area contributed by atoms with Crippen LogP contribution in [0.5, 0.6) is 5.75 Å². The minimum atomic E-state index is -0.455. The number of methoxy groups -OCH3 is 1. The molecule has 0 aliphatic heterocycles. The lowest BCUT2D eigenvalue weighted by molar-refractivity contribution is 0.0378. The van der Waals surface area contributed by atoms with Crippen LogP contribution in [0.15, 0.2) is 42.5 Å². The third kappa shape index (κ3) is 5.94. The van der Waals surface area contributed by atoms with Gasteiger partial charge in [0.1, 0.15) is 5.75 Å². The van der Waals surface area contributed by atoms with Crippen molar-refractivity contribution < 1.29 is 19.1 Å². The van der Waals surface area contributed by atoms with E-state index in [4.69, 9.17) is 33.3 Å². The topological polar surface area (TPSA) is 76.7 Å². The van der Waals surface area contributed by atoms with Crippen LogP contribution in [0.2, 0.25) is 5.02 Å². The number of halogens is 1. The average Bonchev–Trinajstić information content (AvgIpc) is 2.61. The normalized spacial score (nSPS) is 10.3. The number of carbonyl (C=O) groups is 2. The summed E-state index contributed by atoms with van der Waals surface area (Å²) in [6.07, 6.45) is -0.193. The summed E-state index contributed by atoms with van der Waals surface area (Å²) in [5.41, 5.74) is 1.30. The molecule has 6 nitrogen and oxygen atoms in total. The van der Waals surface area contributed by atoms with Crippen LogP contribution >= 0.6 is 23.8 Å². The second kappa shape index (κ2) is 9.34. The molecular weight excluding hydrogens is 388 g/mol. The SMILES string of the molecule is COc1ccc(Cl)cc1C(=O)NC(=S)Nc1ccc(C(=O)OC(C)C)cc1. The van der Waals surface area contributed by atoms with Gasteiger partial charge in [0.15, 0.2) is 5.11 Å². The first-order valence-corrected chi connectivity index (χ1v) is 8.85. The molecule has 27 heavy (non-hydrogen) atoms. The Kier molecular flexibility index (Phi) is 7.15. The number of rotatable bonds is 5. The van der Waals surface area contributed by atoms with Gasteiger partial charge >= 0.3 is 5.97 Å². The number of ether oxygens (including phenoxy) is 2. The first-order valence-electron chi connectivity index (χ1n) is 8.07. The lowest BCUT2D eigenvalue weighted by atomic mass is 10.2.